The van der Waals surface area contributed by atoms with Crippen molar-refractivity contribution in [2.75, 3.05) is 18.0 Å². The van der Waals surface area contributed by atoms with Gasteiger partial charge in [0.25, 0.3) is 5.91 Å². The van der Waals surface area contributed by atoms with Gasteiger partial charge in [0.2, 0.25) is 5.95 Å². The maximum absolute atomic E-state index is 11.9. The van der Waals surface area contributed by atoms with E-state index in [1.165, 1.54) is 11.3 Å². The largest absolute Gasteiger partial charge is 0.365 e. The molecular weight excluding hydrogens is 322 g/mol. The highest BCUT2D eigenvalue weighted by molar-refractivity contribution is 7.20. The van der Waals surface area contributed by atoms with Crippen LogP contribution in [0, 0.1) is 0 Å². The molecule has 1 aliphatic heterocycles. The Hall–Kier alpha value is -2.54. The lowest BCUT2D eigenvalue weighted by molar-refractivity contribution is 0.100. The number of amides is 1. The van der Waals surface area contributed by atoms with Crippen LogP contribution in [0.15, 0.2) is 36.8 Å². The third kappa shape index (κ3) is 2.60. The molecule has 0 spiro atoms. The van der Waals surface area contributed by atoms with Gasteiger partial charge in [-0.25, -0.2) is 15.0 Å². The Balaban J connectivity index is 1.63. The molecule has 0 bridgehead atoms. The van der Waals surface area contributed by atoms with E-state index in [0.717, 1.165) is 47.7 Å². The molecule has 6 nitrogen and oxygen atoms in total. The van der Waals surface area contributed by atoms with Crippen LogP contribution >= 0.6 is 11.3 Å². The van der Waals surface area contributed by atoms with E-state index in [9.17, 15) is 4.79 Å². The van der Waals surface area contributed by atoms with E-state index in [2.05, 4.69) is 19.9 Å². The molecule has 0 aromatic carbocycles. The number of thiophene rings is 1. The van der Waals surface area contributed by atoms with Crippen LogP contribution in [0.5, 0.6) is 0 Å². The second kappa shape index (κ2) is 6.16. The summed E-state index contributed by atoms with van der Waals surface area (Å²) in [5, 5.41) is 1.06. The second-order valence-corrected chi connectivity index (χ2v) is 6.87. The molecule has 122 valence electrons. The van der Waals surface area contributed by atoms with Gasteiger partial charge in [-0.1, -0.05) is 6.07 Å². The fourth-order valence-electron chi connectivity index (χ4n) is 3.36. The summed E-state index contributed by atoms with van der Waals surface area (Å²) < 4.78 is 0. The minimum absolute atomic E-state index is 0.311. The molecule has 3 aromatic heterocycles. The molecule has 1 saturated heterocycles. The number of hydrogen-bond acceptors (Lipinski definition) is 6. The number of hydrogen-bond donors (Lipinski definition) is 1. The standard InChI is InChI=1S/C17H17N5OS/c18-15(23)14-13(12-3-1-6-19-16(12)24-14)11-4-9-22(10-5-11)17-20-7-2-8-21-17/h1-3,6-8,11H,4-5,9-10H2,(H2,18,23). The number of nitrogens with two attached hydrogens (primary N) is 1. The average molecular weight is 339 g/mol. The van der Waals surface area contributed by atoms with Crippen molar-refractivity contribution in [2.24, 2.45) is 5.73 Å². The number of piperidine rings is 1. The van der Waals surface area contributed by atoms with Crippen molar-refractivity contribution in [3.8, 4) is 0 Å². The smallest absolute Gasteiger partial charge is 0.259 e. The van der Waals surface area contributed by atoms with E-state index in [4.69, 9.17) is 5.73 Å². The number of anilines is 1. The molecule has 0 atom stereocenters. The molecule has 1 aliphatic rings. The molecule has 24 heavy (non-hydrogen) atoms. The first-order valence-corrected chi connectivity index (χ1v) is 8.75. The monoisotopic (exact) mass is 339 g/mol. The third-order valence-corrected chi connectivity index (χ3v) is 5.61. The van der Waals surface area contributed by atoms with Gasteiger partial charge >= 0.3 is 0 Å². The summed E-state index contributed by atoms with van der Waals surface area (Å²) in [4.78, 5) is 28.6. The molecule has 1 fully saturated rings. The summed E-state index contributed by atoms with van der Waals surface area (Å²) in [5.41, 5.74) is 6.69. The number of carbonyl (C=O) groups excluding carboxylic acids is 1. The Morgan fingerprint density at radius 3 is 2.54 bits per heavy atom. The molecule has 0 unspecified atom stereocenters. The Morgan fingerprint density at radius 1 is 1.12 bits per heavy atom. The van der Waals surface area contributed by atoms with Crippen molar-refractivity contribution in [1.29, 1.82) is 0 Å². The predicted molar refractivity (Wildman–Crippen MR) is 94.4 cm³/mol. The number of rotatable bonds is 3. The zero-order valence-electron chi connectivity index (χ0n) is 13.1. The lowest BCUT2D eigenvalue weighted by Crippen LogP contribution is -2.34. The number of carbonyl (C=O) groups is 1. The van der Waals surface area contributed by atoms with Crippen LogP contribution in [0.3, 0.4) is 0 Å². The molecule has 0 aliphatic carbocycles. The van der Waals surface area contributed by atoms with Crippen molar-refractivity contribution >= 4 is 33.4 Å². The van der Waals surface area contributed by atoms with E-state index >= 15 is 0 Å². The summed E-state index contributed by atoms with van der Waals surface area (Å²) in [6.07, 6.45) is 7.16. The van der Waals surface area contributed by atoms with Crippen LogP contribution in [0.2, 0.25) is 0 Å². The summed E-state index contributed by atoms with van der Waals surface area (Å²) in [6.45, 7) is 1.73. The molecule has 2 N–H and O–H groups in total. The topological polar surface area (TPSA) is 85.0 Å². The number of fused-ring (bicyclic) bond motifs is 1. The van der Waals surface area contributed by atoms with Crippen molar-refractivity contribution < 1.29 is 4.79 Å². The van der Waals surface area contributed by atoms with Crippen LogP contribution in [-0.2, 0) is 0 Å². The zero-order valence-corrected chi connectivity index (χ0v) is 13.9. The molecule has 4 heterocycles. The summed E-state index contributed by atoms with van der Waals surface area (Å²) in [7, 11) is 0. The van der Waals surface area contributed by atoms with Crippen LogP contribution in [0.1, 0.15) is 34.0 Å². The zero-order chi connectivity index (χ0) is 16.5. The molecule has 0 radical (unpaired) electrons. The van der Waals surface area contributed by atoms with Gasteiger partial charge in [0.15, 0.2) is 0 Å². The van der Waals surface area contributed by atoms with Gasteiger partial charge < -0.3 is 10.6 Å². The van der Waals surface area contributed by atoms with Gasteiger partial charge in [0, 0.05) is 37.1 Å². The van der Waals surface area contributed by atoms with Gasteiger partial charge in [-0.2, -0.15) is 0 Å². The Morgan fingerprint density at radius 2 is 1.83 bits per heavy atom. The molecule has 3 aromatic rings. The van der Waals surface area contributed by atoms with Gasteiger partial charge in [-0.05, 0) is 36.5 Å². The highest BCUT2D eigenvalue weighted by atomic mass is 32.1. The van der Waals surface area contributed by atoms with Gasteiger partial charge in [0.1, 0.15) is 4.83 Å². The quantitative estimate of drug-likeness (QED) is 0.793. The SMILES string of the molecule is NC(=O)c1sc2ncccc2c1C1CCN(c2ncccn2)CC1. The molecule has 1 amide bonds. The highest BCUT2D eigenvalue weighted by Crippen LogP contribution is 2.39. The van der Waals surface area contributed by atoms with Crippen molar-refractivity contribution in [1.82, 2.24) is 15.0 Å². The first kappa shape index (κ1) is 15.0. The Bertz CT molecular complexity index is 871. The highest BCUT2D eigenvalue weighted by Gasteiger charge is 2.28. The Labute approximate surface area is 143 Å². The lowest BCUT2D eigenvalue weighted by Gasteiger charge is -2.32. The Kier molecular flexibility index (Phi) is 3.86. The van der Waals surface area contributed by atoms with E-state index in [-0.39, 0.29) is 5.91 Å². The fourth-order valence-corrected chi connectivity index (χ4v) is 4.44. The molecule has 4 rings (SSSR count). The number of aromatic nitrogens is 3. The summed E-state index contributed by atoms with van der Waals surface area (Å²) >= 11 is 1.40. The van der Waals surface area contributed by atoms with Crippen LogP contribution < -0.4 is 10.6 Å². The number of primary amides is 1. The molecule has 7 heteroatoms. The second-order valence-electron chi connectivity index (χ2n) is 5.88. The first-order chi connectivity index (χ1) is 11.7. The van der Waals surface area contributed by atoms with E-state index in [0.29, 0.717) is 10.8 Å². The lowest BCUT2D eigenvalue weighted by atomic mass is 9.88. The maximum atomic E-state index is 11.9. The number of nitrogens with zero attached hydrogens (tertiary/aromatic N) is 4. The molecule has 0 saturated carbocycles. The molecular formula is C17H17N5OS. The van der Waals surface area contributed by atoms with Gasteiger partial charge in [0.05, 0.1) is 4.88 Å². The van der Waals surface area contributed by atoms with Crippen LogP contribution in [-0.4, -0.2) is 33.9 Å². The van der Waals surface area contributed by atoms with Crippen LogP contribution in [0.25, 0.3) is 10.2 Å². The van der Waals surface area contributed by atoms with E-state index < -0.39 is 0 Å². The fraction of sp³-hybridized carbons (Fsp3) is 0.294. The third-order valence-electron chi connectivity index (χ3n) is 4.47. The average Bonchev–Trinajstić information content (AvgIpc) is 3.02. The van der Waals surface area contributed by atoms with Crippen molar-refractivity contribution in [2.45, 2.75) is 18.8 Å². The summed E-state index contributed by atoms with van der Waals surface area (Å²) in [5.74, 6) is 0.718. The van der Waals surface area contributed by atoms with Crippen molar-refractivity contribution in [3.63, 3.8) is 0 Å². The van der Waals surface area contributed by atoms with Crippen LogP contribution in [0.4, 0.5) is 5.95 Å². The maximum Gasteiger partial charge on any atom is 0.259 e. The summed E-state index contributed by atoms with van der Waals surface area (Å²) in [6, 6.07) is 5.77. The van der Waals surface area contributed by atoms with Crippen molar-refractivity contribution in [3.05, 3.63) is 47.2 Å². The number of pyridine rings is 1. The normalized spacial score (nSPS) is 15.8. The first-order valence-electron chi connectivity index (χ1n) is 7.93. The minimum atomic E-state index is -0.359. The van der Waals surface area contributed by atoms with E-state index in [1.54, 1.807) is 18.6 Å². The van der Waals surface area contributed by atoms with E-state index in [1.807, 2.05) is 18.2 Å². The van der Waals surface area contributed by atoms with Gasteiger partial charge in [-0.3, -0.25) is 4.79 Å². The van der Waals surface area contributed by atoms with Gasteiger partial charge in [-0.15, -0.1) is 11.3 Å². The minimum Gasteiger partial charge on any atom is -0.365 e. The predicted octanol–water partition coefficient (Wildman–Crippen LogP) is 2.57.